The van der Waals surface area contributed by atoms with E-state index in [0.717, 1.165) is 36.0 Å². The van der Waals surface area contributed by atoms with Gasteiger partial charge in [-0.1, -0.05) is 32.1 Å². The second-order valence-corrected chi connectivity index (χ2v) is 8.95. The van der Waals surface area contributed by atoms with Gasteiger partial charge in [-0.25, -0.2) is 0 Å². The van der Waals surface area contributed by atoms with Gasteiger partial charge in [0, 0.05) is 5.41 Å². The van der Waals surface area contributed by atoms with Crippen LogP contribution in [-0.4, -0.2) is 10.7 Å². The molecule has 4 aliphatic rings. The van der Waals surface area contributed by atoms with Gasteiger partial charge in [-0.2, -0.15) is 0 Å². The van der Waals surface area contributed by atoms with Crippen molar-refractivity contribution in [2.45, 2.75) is 83.7 Å². The van der Waals surface area contributed by atoms with Crippen molar-refractivity contribution in [1.29, 1.82) is 0 Å². The van der Waals surface area contributed by atoms with Gasteiger partial charge in [-0.15, -0.1) is 5.92 Å². The van der Waals surface area contributed by atoms with Gasteiger partial charge in [-0.05, 0) is 81.5 Å². The summed E-state index contributed by atoms with van der Waals surface area (Å²) in [6.45, 7) is 4.24. The van der Waals surface area contributed by atoms with E-state index in [4.69, 9.17) is 0 Å². The van der Waals surface area contributed by atoms with E-state index in [0.29, 0.717) is 0 Å². The Bertz CT molecular complexity index is 500. The molecule has 0 spiro atoms. The van der Waals surface area contributed by atoms with E-state index >= 15 is 0 Å². The second kappa shape index (κ2) is 5.27. The van der Waals surface area contributed by atoms with E-state index < -0.39 is 5.60 Å². The van der Waals surface area contributed by atoms with Gasteiger partial charge in [0.05, 0.1) is 0 Å². The molecule has 0 heterocycles. The molecular weight excluding hydrogens is 268 g/mol. The molecule has 4 aliphatic carbocycles. The van der Waals surface area contributed by atoms with E-state index in [1.807, 2.05) is 6.92 Å². The molecule has 22 heavy (non-hydrogen) atoms. The van der Waals surface area contributed by atoms with Gasteiger partial charge in [-0.3, -0.25) is 0 Å². The van der Waals surface area contributed by atoms with Crippen molar-refractivity contribution >= 4 is 0 Å². The van der Waals surface area contributed by atoms with E-state index in [-0.39, 0.29) is 5.41 Å². The Balaban J connectivity index is 1.62. The molecular formula is C21H32O. The maximum Gasteiger partial charge on any atom is 0.131 e. The summed E-state index contributed by atoms with van der Waals surface area (Å²) in [7, 11) is 0. The van der Waals surface area contributed by atoms with Crippen molar-refractivity contribution in [3.05, 3.63) is 0 Å². The third-order valence-electron chi connectivity index (χ3n) is 8.36. The van der Waals surface area contributed by atoms with Crippen LogP contribution in [0.5, 0.6) is 0 Å². The molecule has 0 bridgehead atoms. The highest BCUT2D eigenvalue weighted by Crippen LogP contribution is 2.65. The van der Waals surface area contributed by atoms with Crippen molar-refractivity contribution in [3.8, 4) is 11.8 Å². The quantitative estimate of drug-likeness (QED) is 0.638. The summed E-state index contributed by atoms with van der Waals surface area (Å²) in [5.74, 6) is 10.9. The van der Waals surface area contributed by atoms with Crippen molar-refractivity contribution in [1.82, 2.24) is 0 Å². The Kier molecular flexibility index (Phi) is 3.61. The molecule has 122 valence electrons. The average Bonchev–Trinajstić information content (AvgIpc) is 2.79. The fourth-order valence-corrected chi connectivity index (χ4v) is 7.26. The van der Waals surface area contributed by atoms with Crippen LogP contribution >= 0.6 is 0 Å². The second-order valence-electron chi connectivity index (χ2n) is 8.95. The zero-order chi connectivity index (χ0) is 15.4. The smallest absolute Gasteiger partial charge is 0.131 e. The third-order valence-corrected chi connectivity index (χ3v) is 8.36. The lowest BCUT2D eigenvalue weighted by Crippen LogP contribution is -2.53. The van der Waals surface area contributed by atoms with Crippen LogP contribution in [0, 0.1) is 46.8 Å². The summed E-state index contributed by atoms with van der Waals surface area (Å²) in [6, 6.07) is 0. The molecule has 1 N–H and O–H groups in total. The fraction of sp³-hybridized carbons (Fsp3) is 0.905. The van der Waals surface area contributed by atoms with E-state index in [1.165, 1.54) is 57.8 Å². The Hall–Kier alpha value is -0.480. The van der Waals surface area contributed by atoms with Crippen molar-refractivity contribution in [2.24, 2.45) is 35.0 Å². The molecule has 0 amide bonds. The number of fused-ring (bicyclic) bond motifs is 5. The van der Waals surface area contributed by atoms with Crippen molar-refractivity contribution < 1.29 is 5.11 Å². The SMILES string of the molecule is CC#C[C@]1(O)CCC2C3CC[C@H]4CCCC[C@@H]4C3CC[C@@]21C. The maximum atomic E-state index is 11.2. The minimum Gasteiger partial charge on any atom is -0.377 e. The van der Waals surface area contributed by atoms with E-state index in [1.54, 1.807) is 0 Å². The minimum absolute atomic E-state index is 0.0542. The van der Waals surface area contributed by atoms with E-state index in [2.05, 4.69) is 18.8 Å². The molecule has 1 nitrogen and oxygen atoms in total. The van der Waals surface area contributed by atoms with Crippen LogP contribution in [0.15, 0.2) is 0 Å². The summed E-state index contributed by atoms with van der Waals surface area (Å²) in [5.41, 5.74) is -0.653. The fourth-order valence-electron chi connectivity index (χ4n) is 7.26. The van der Waals surface area contributed by atoms with Crippen LogP contribution < -0.4 is 0 Å². The van der Waals surface area contributed by atoms with Crippen LogP contribution in [0.25, 0.3) is 0 Å². The number of hydrogen-bond donors (Lipinski definition) is 1. The lowest BCUT2D eigenvalue weighted by Gasteiger charge is -2.56. The highest BCUT2D eigenvalue weighted by atomic mass is 16.3. The molecule has 0 aliphatic heterocycles. The van der Waals surface area contributed by atoms with Crippen molar-refractivity contribution in [3.63, 3.8) is 0 Å². The zero-order valence-electron chi connectivity index (χ0n) is 14.4. The molecule has 4 saturated carbocycles. The zero-order valence-corrected chi connectivity index (χ0v) is 14.4. The monoisotopic (exact) mass is 300 g/mol. The van der Waals surface area contributed by atoms with Gasteiger partial charge in [0.25, 0.3) is 0 Å². The predicted octanol–water partition coefficient (Wildman–Crippen LogP) is 4.78. The summed E-state index contributed by atoms with van der Waals surface area (Å²) in [4.78, 5) is 0. The average molecular weight is 300 g/mol. The standard InChI is InChI=1S/C21H32O/c1-3-12-21(22)14-11-19-18-9-8-15-6-4-5-7-16(15)17(18)10-13-20(19,21)2/h15-19,22H,4-11,13-14H2,1-2H3/t15-,16+,17?,18?,19?,20+,21+/m1/s1. The summed E-state index contributed by atoms with van der Waals surface area (Å²) >= 11 is 0. The molecule has 3 unspecified atom stereocenters. The molecule has 0 saturated heterocycles. The summed E-state index contributed by atoms with van der Waals surface area (Å²) < 4.78 is 0. The Labute approximate surface area is 136 Å². The topological polar surface area (TPSA) is 20.2 Å². The van der Waals surface area contributed by atoms with Crippen molar-refractivity contribution in [2.75, 3.05) is 0 Å². The lowest BCUT2D eigenvalue weighted by molar-refractivity contribution is -0.104. The van der Waals surface area contributed by atoms with Crippen LogP contribution in [0.3, 0.4) is 0 Å². The van der Waals surface area contributed by atoms with Gasteiger partial charge in [0.15, 0.2) is 0 Å². The first-order chi connectivity index (χ1) is 10.6. The van der Waals surface area contributed by atoms with Crippen LogP contribution in [-0.2, 0) is 0 Å². The first-order valence-corrected chi connectivity index (χ1v) is 9.75. The van der Waals surface area contributed by atoms with Gasteiger partial charge >= 0.3 is 0 Å². The van der Waals surface area contributed by atoms with Gasteiger partial charge in [0.1, 0.15) is 5.60 Å². The number of rotatable bonds is 0. The first kappa shape index (κ1) is 15.1. The Morgan fingerprint density at radius 2 is 1.68 bits per heavy atom. The highest BCUT2D eigenvalue weighted by molar-refractivity contribution is 5.25. The van der Waals surface area contributed by atoms with Gasteiger partial charge < -0.3 is 5.11 Å². The van der Waals surface area contributed by atoms with Crippen LogP contribution in [0.4, 0.5) is 0 Å². The molecule has 4 rings (SSSR count). The molecule has 4 fully saturated rings. The lowest BCUT2D eigenvalue weighted by atomic mass is 9.49. The molecule has 0 aromatic rings. The molecule has 1 heteroatoms. The normalized spacial score (nSPS) is 53.7. The number of aliphatic hydroxyl groups is 1. The van der Waals surface area contributed by atoms with Crippen LogP contribution in [0.1, 0.15) is 78.1 Å². The largest absolute Gasteiger partial charge is 0.377 e. The predicted molar refractivity (Wildman–Crippen MR) is 90.1 cm³/mol. The summed E-state index contributed by atoms with van der Waals surface area (Å²) in [5, 5.41) is 11.2. The minimum atomic E-state index is -0.708. The number of hydrogen-bond acceptors (Lipinski definition) is 1. The van der Waals surface area contributed by atoms with Crippen LogP contribution in [0.2, 0.25) is 0 Å². The first-order valence-electron chi connectivity index (χ1n) is 9.75. The molecule has 0 radical (unpaired) electrons. The third kappa shape index (κ3) is 1.96. The van der Waals surface area contributed by atoms with E-state index in [9.17, 15) is 5.11 Å². The molecule has 0 aromatic heterocycles. The highest BCUT2D eigenvalue weighted by Gasteiger charge is 2.62. The molecule has 0 aromatic carbocycles. The Morgan fingerprint density at radius 3 is 2.50 bits per heavy atom. The molecule has 7 atom stereocenters. The van der Waals surface area contributed by atoms with Gasteiger partial charge in [0.2, 0.25) is 0 Å². The summed E-state index contributed by atoms with van der Waals surface area (Å²) in [6.07, 6.45) is 13.5. The Morgan fingerprint density at radius 1 is 0.864 bits per heavy atom. The maximum absolute atomic E-state index is 11.2.